The summed E-state index contributed by atoms with van der Waals surface area (Å²) in [6, 6.07) is -9.42. The van der Waals surface area contributed by atoms with Crippen molar-refractivity contribution in [3.05, 3.63) is 23.7 Å². The molecule has 0 N–H and O–H groups in total. The minimum atomic E-state index is -8.02. The third kappa shape index (κ3) is 7.86. The Labute approximate surface area is 244 Å². The highest BCUT2D eigenvalue weighted by Crippen LogP contribution is 2.56. The van der Waals surface area contributed by atoms with Gasteiger partial charge in [-0.25, -0.2) is 9.47 Å². The average molecular weight is 926 g/mol. The first-order chi connectivity index (χ1) is 18.3. The quantitative estimate of drug-likeness (QED) is 0.0752. The van der Waals surface area contributed by atoms with Crippen LogP contribution in [-0.2, 0) is 14.2 Å². The van der Waals surface area contributed by atoms with Crippen LogP contribution in [0, 0.1) is 0 Å². The molecule has 0 aliphatic rings. The Bertz CT molecular complexity index is 1000. The monoisotopic (exact) mass is 926 g/mol. The van der Waals surface area contributed by atoms with Crippen molar-refractivity contribution in [2.45, 2.75) is 56.0 Å². The molecule has 0 fully saturated rings. The van der Waals surface area contributed by atoms with Gasteiger partial charge in [0, 0.05) is 45.2 Å². The van der Waals surface area contributed by atoms with E-state index in [4.69, 9.17) is 0 Å². The molecule has 0 atom stereocenters. The molecule has 256 valence electrons. The van der Waals surface area contributed by atoms with E-state index in [0.717, 1.165) is 0 Å². The Morgan fingerprint density at radius 2 is 0.581 bits per heavy atom. The highest BCUT2D eigenvalue weighted by molar-refractivity contribution is 14.1. The maximum atomic E-state index is 13.5. The molecule has 29 heteroatoms. The van der Waals surface area contributed by atoms with E-state index in [0.29, 0.717) is 0 Å². The van der Waals surface area contributed by atoms with Crippen molar-refractivity contribution in [3.63, 3.8) is 0 Å². The zero-order chi connectivity index (χ0) is 35.4. The molecule has 0 aromatic heterocycles. The average Bonchev–Trinajstić information content (AvgIpc) is 2.74. The van der Waals surface area contributed by atoms with Crippen molar-refractivity contribution in [1.29, 1.82) is 0 Å². The summed E-state index contributed by atoms with van der Waals surface area (Å²) < 4.78 is 308. The SMILES string of the molecule is FC(OC(F)=C(F)C(F)(F)C(F)(F)C(F)(F)OC(F)(F)C(F)(F)I)=C(F)C(F)(F)C(F)(F)C(F)(F)OC(F)(F)C(F)(F)I. The largest absolute Gasteiger partial charge is 0.433 e. The minimum Gasteiger partial charge on any atom is -0.400 e. The maximum absolute atomic E-state index is 13.5. The third-order valence-electron chi connectivity index (χ3n) is 3.77. The van der Waals surface area contributed by atoms with E-state index >= 15 is 0 Å². The first-order valence-corrected chi connectivity index (χ1v) is 10.8. The molecule has 0 saturated carbocycles. The van der Waals surface area contributed by atoms with E-state index in [2.05, 4.69) is 0 Å². The van der Waals surface area contributed by atoms with E-state index in [9.17, 15) is 105 Å². The highest BCUT2D eigenvalue weighted by atomic mass is 127. The summed E-state index contributed by atoms with van der Waals surface area (Å²) in [6.45, 7) is 0. The fourth-order valence-corrected chi connectivity index (χ4v) is 1.84. The van der Waals surface area contributed by atoms with Crippen LogP contribution in [0.25, 0.3) is 0 Å². The molecule has 0 saturated heterocycles. The fraction of sp³-hybridized carbons (Fsp3) is 0.714. The molecule has 0 aromatic carbocycles. The predicted molar refractivity (Wildman–Crippen MR) is 99.2 cm³/mol. The van der Waals surface area contributed by atoms with Crippen LogP contribution < -0.4 is 0 Å². The summed E-state index contributed by atoms with van der Waals surface area (Å²) in [5.74, 6) is -41.8. The number of halogens is 26. The molecule has 0 radical (unpaired) electrons. The number of hydrogen-bond donors (Lipinski definition) is 0. The Hall–Kier alpha value is -1.02. The van der Waals surface area contributed by atoms with Crippen LogP contribution in [0.2, 0.25) is 0 Å². The lowest BCUT2D eigenvalue weighted by atomic mass is 10.1. The van der Waals surface area contributed by atoms with Gasteiger partial charge in [-0.1, -0.05) is 0 Å². The van der Waals surface area contributed by atoms with Crippen LogP contribution >= 0.6 is 45.2 Å². The van der Waals surface area contributed by atoms with E-state index in [1.54, 1.807) is 9.47 Å². The second kappa shape index (κ2) is 12.0. The normalized spacial score (nSPS) is 17.1. The Morgan fingerprint density at radius 3 is 0.767 bits per heavy atom. The summed E-state index contributed by atoms with van der Waals surface area (Å²) in [6.07, 6.45) is -29.1. The van der Waals surface area contributed by atoms with Crippen molar-refractivity contribution in [2.24, 2.45) is 0 Å². The van der Waals surface area contributed by atoms with Crippen LogP contribution in [-0.4, -0.2) is 56.0 Å². The molecule has 43 heavy (non-hydrogen) atoms. The second-order valence-electron chi connectivity index (χ2n) is 6.84. The molecule has 3 nitrogen and oxygen atoms in total. The molecular formula is C14F24I2O3. The number of allylic oxidation sites excluding steroid dienone is 2. The van der Waals surface area contributed by atoms with E-state index in [1.807, 2.05) is 4.74 Å². The molecule has 0 amide bonds. The van der Waals surface area contributed by atoms with E-state index < -0.39 is 125 Å². The summed E-state index contributed by atoms with van der Waals surface area (Å²) in [5, 5.41) is 0. The maximum Gasteiger partial charge on any atom is 0.433 e. The molecule has 0 spiro atoms. The van der Waals surface area contributed by atoms with Gasteiger partial charge in [0.15, 0.2) is 0 Å². The lowest BCUT2D eigenvalue weighted by molar-refractivity contribution is -0.471. The van der Waals surface area contributed by atoms with Gasteiger partial charge in [-0.05, 0) is 0 Å². The molecule has 0 aromatic rings. The standard InChI is InChI=1S/C14F24I2O3/c15-1(5(19,20)7(23,24)11(31,32)42-13(35,36)9(27,28)39)3(17)41-4(18)2(16)6(21,22)8(25,26)12(33,34)43-14(37,38)10(29,30)40. The zero-order valence-electron chi connectivity index (χ0n) is 18.1. The van der Waals surface area contributed by atoms with Gasteiger partial charge < -0.3 is 4.74 Å². The third-order valence-corrected chi connectivity index (χ3v) is 5.02. The first-order valence-electron chi connectivity index (χ1n) is 8.64. The second-order valence-corrected chi connectivity index (χ2v) is 9.55. The van der Waals surface area contributed by atoms with Crippen molar-refractivity contribution in [3.8, 4) is 0 Å². The lowest BCUT2D eigenvalue weighted by Gasteiger charge is -2.34. The summed E-state index contributed by atoms with van der Waals surface area (Å²) in [5.41, 5.74) is 0. The molecule has 0 unspecified atom stereocenters. The Morgan fingerprint density at radius 1 is 0.372 bits per heavy atom. The Kier molecular flexibility index (Phi) is 11.7. The van der Waals surface area contributed by atoms with E-state index in [1.165, 1.54) is 0 Å². The fourth-order valence-electron chi connectivity index (χ4n) is 1.62. The number of ether oxygens (including phenoxy) is 3. The van der Waals surface area contributed by atoms with Gasteiger partial charge in [0.1, 0.15) is 0 Å². The van der Waals surface area contributed by atoms with Gasteiger partial charge in [0.25, 0.3) is 0 Å². The molecule has 0 bridgehead atoms. The number of rotatable bonds is 14. The molecule has 0 heterocycles. The lowest BCUT2D eigenvalue weighted by Crippen LogP contribution is -2.59. The molecule has 0 rings (SSSR count). The summed E-state index contributed by atoms with van der Waals surface area (Å²) >= 11 is -1.56. The van der Waals surface area contributed by atoms with Crippen molar-refractivity contribution >= 4 is 45.2 Å². The van der Waals surface area contributed by atoms with Gasteiger partial charge in [-0.15, -0.1) is 0 Å². The van der Waals surface area contributed by atoms with Gasteiger partial charge >= 0.3 is 68.0 Å². The molecular weight excluding hydrogens is 926 g/mol. The minimum absolute atomic E-state index is 0.782. The summed E-state index contributed by atoms with van der Waals surface area (Å²) in [4.78, 5) is 0. The highest BCUT2D eigenvalue weighted by Gasteiger charge is 2.80. The van der Waals surface area contributed by atoms with Crippen LogP contribution in [0.3, 0.4) is 0 Å². The van der Waals surface area contributed by atoms with Crippen molar-refractivity contribution in [2.75, 3.05) is 0 Å². The van der Waals surface area contributed by atoms with Crippen LogP contribution in [0.4, 0.5) is 105 Å². The van der Waals surface area contributed by atoms with Gasteiger partial charge in [-0.3, -0.25) is 0 Å². The van der Waals surface area contributed by atoms with Crippen molar-refractivity contribution in [1.82, 2.24) is 0 Å². The Balaban J connectivity index is 6.61. The van der Waals surface area contributed by atoms with Gasteiger partial charge in [0.2, 0.25) is 11.7 Å². The smallest absolute Gasteiger partial charge is 0.400 e. The van der Waals surface area contributed by atoms with Crippen LogP contribution in [0.1, 0.15) is 0 Å². The summed E-state index contributed by atoms with van der Waals surface area (Å²) in [7, 11) is 0. The zero-order valence-corrected chi connectivity index (χ0v) is 22.4. The molecule has 0 aliphatic carbocycles. The van der Waals surface area contributed by atoms with Crippen LogP contribution in [0.5, 0.6) is 0 Å². The topological polar surface area (TPSA) is 27.7 Å². The molecule has 0 aliphatic heterocycles. The number of alkyl halides is 22. The van der Waals surface area contributed by atoms with Gasteiger partial charge in [0.05, 0.1) is 0 Å². The number of hydrogen-bond acceptors (Lipinski definition) is 3. The van der Waals surface area contributed by atoms with Gasteiger partial charge in [-0.2, -0.15) is 105 Å². The first kappa shape index (κ1) is 42.0. The van der Waals surface area contributed by atoms with Crippen molar-refractivity contribution < 1.29 is 120 Å². The van der Waals surface area contributed by atoms with E-state index in [-0.39, 0.29) is 0 Å². The van der Waals surface area contributed by atoms with Crippen LogP contribution in [0.15, 0.2) is 23.7 Å². The predicted octanol–water partition coefficient (Wildman–Crippen LogP) is 10.2.